The molecule has 0 saturated carbocycles. The summed E-state index contributed by atoms with van der Waals surface area (Å²) in [5.41, 5.74) is 0.700. The summed E-state index contributed by atoms with van der Waals surface area (Å²) < 4.78 is 5.23. The predicted octanol–water partition coefficient (Wildman–Crippen LogP) is 3.47. The Balaban J connectivity index is 2.52. The maximum atomic E-state index is 12.4. The number of hydrogen-bond acceptors (Lipinski definition) is 3. The van der Waals surface area contributed by atoms with Gasteiger partial charge in [0.15, 0.2) is 6.10 Å². The number of carboxylic acid groups (broad SMARTS) is 1. The molecule has 2 N–H and O–H groups in total. The lowest BCUT2D eigenvalue weighted by molar-refractivity contribution is -0.144. The maximum Gasteiger partial charge on any atom is 0.326 e. The van der Waals surface area contributed by atoms with Crippen LogP contribution in [0.1, 0.15) is 50.2 Å². The van der Waals surface area contributed by atoms with Gasteiger partial charge in [0.2, 0.25) is 0 Å². The molecule has 0 unspecified atom stereocenters. The fraction of sp³-hybridized carbons (Fsp3) is 0.474. The summed E-state index contributed by atoms with van der Waals surface area (Å²) in [7, 11) is 1.44. The minimum atomic E-state index is -1.02. The minimum Gasteiger partial charge on any atom is -0.480 e. The van der Waals surface area contributed by atoms with Crippen molar-refractivity contribution in [3.63, 3.8) is 0 Å². The van der Waals surface area contributed by atoms with E-state index in [1.165, 1.54) is 7.11 Å². The Hall–Kier alpha value is -2.14. The van der Waals surface area contributed by atoms with Crippen LogP contribution >= 0.6 is 0 Å². The highest BCUT2D eigenvalue weighted by molar-refractivity contribution is 5.87. The van der Waals surface area contributed by atoms with Crippen LogP contribution in [0.25, 0.3) is 0 Å². The van der Waals surface area contributed by atoms with Gasteiger partial charge in [-0.2, -0.15) is 0 Å². The highest BCUT2D eigenvalue weighted by atomic mass is 16.5. The number of benzene rings is 1. The standard InChI is InChI=1S/C19H27NO4/c1-3-4-5-6-7-11-14-16(19(22)23)20-18(21)17(24-2)15-12-9-8-10-13-15/h3,8-10,12-13,16-17H,1,4-7,11,14H2,2H3,(H,20,21)(H,22,23)/t16-,17+/m1/s1. The Morgan fingerprint density at radius 1 is 1.21 bits per heavy atom. The largest absolute Gasteiger partial charge is 0.480 e. The van der Waals surface area contributed by atoms with Gasteiger partial charge in [0.25, 0.3) is 5.91 Å². The number of aliphatic carboxylic acids is 1. The molecule has 0 aliphatic carbocycles. The van der Waals surface area contributed by atoms with Gasteiger partial charge in [-0.1, -0.05) is 55.7 Å². The van der Waals surface area contributed by atoms with Gasteiger partial charge in [0.05, 0.1) is 0 Å². The van der Waals surface area contributed by atoms with Crippen LogP contribution in [0.15, 0.2) is 43.0 Å². The molecule has 132 valence electrons. The molecule has 0 bridgehead atoms. The summed E-state index contributed by atoms with van der Waals surface area (Å²) in [4.78, 5) is 23.7. The summed E-state index contributed by atoms with van der Waals surface area (Å²) in [5.74, 6) is -1.44. The topological polar surface area (TPSA) is 75.6 Å². The molecule has 1 amide bonds. The van der Waals surface area contributed by atoms with Crippen molar-refractivity contribution in [1.82, 2.24) is 5.32 Å². The molecule has 0 aliphatic rings. The van der Waals surface area contributed by atoms with Gasteiger partial charge >= 0.3 is 5.97 Å². The first-order chi connectivity index (χ1) is 11.6. The number of allylic oxidation sites excluding steroid dienone is 1. The number of methoxy groups -OCH3 is 1. The number of carbonyl (C=O) groups is 2. The quantitative estimate of drug-likeness (QED) is 0.454. The van der Waals surface area contributed by atoms with E-state index >= 15 is 0 Å². The van der Waals surface area contributed by atoms with Gasteiger partial charge in [-0.05, 0) is 24.8 Å². The highest BCUT2D eigenvalue weighted by Gasteiger charge is 2.25. The number of nitrogens with one attached hydrogen (secondary N) is 1. The second kappa shape index (κ2) is 11.4. The van der Waals surface area contributed by atoms with E-state index in [1.54, 1.807) is 12.1 Å². The second-order valence-corrected chi connectivity index (χ2v) is 5.71. The maximum absolute atomic E-state index is 12.4. The molecule has 0 heterocycles. The van der Waals surface area contributed by atoms with Crippen LogP contribution in [0.5, 0.6) is 0 Å². The zero-order chi connectivity index (χ0) is 17.8. The van der Waals surface area contributed by atoms with Gasteiger partial charge in [-0.25, -0.2) is 4.79 Å². The van der Waals surface area contributed by atoms with E-state index in [2.05, 4.69) is 11.9 Å². The van der Waals surface area contributed by atoms with Crippen LogP contribution < -0.4 is 5.32 Å². The average Bonchev–Trinajstić information content (AvgIpc) is 2.58. The first kappa shape index (κ1) is 19.9. The summed E-state index contributed by atoms with van der Waals surface area (Å²) in [5, 5.41) is 11.9. The lowest BCUT2D eigenvalue weighted by Crippen LogP contribution is -2.43. The monoisotopic (exact) mass is 333 g/mol. The van der Waals surface area contributed by atoms with E-state index in [0.29, 0.717) is 12.0 Å². The van der Waals surface area contributed by atoms with Crippen molar-refractivity contribution in [1.29, 1.82) is 0 Å². The molecular formula is C19H27NO4. The van der Waals surface area contributed by atoms with Crippen LogP contribution in [-0.2, 0) is 14.3 Å². The highest BCUT2D eigenvalue weighted by Crippen LogP contribution is 2.17. The molecule has 5 heteroatoms. The third kappa shape index (κ3) is 6.96. The van der Waals surface area contributed by atoms with Crippen LogP contribution in [0.4, 0.5) is 0 Å². The molecule has 0 saturated heterocycles. The Morgan fingerprint density at radius 3 is 2.46 bits per heavy atom. The van der Waals surface area contributed by atoms with E-state index in [0.717, 1.165) is 32.1 Å². The Kier molecular flexibility index (Phi) is 9.46. The normalized spacial score (nSPS) is 13.0. The molecular weight excluding hydrogens is 306 g/mol. The Labute approximate surface area is 143 Å². The number of ether oxygens (including phenoxy) is 1. The number of carboxylic acids is 1. The smallest absolute Gasteiger partial charge is 0.326 e. The van der Waals surface area contributed by atoms with Crippen molar-refractivity contribution in [2.24, 2.45) is 0 Å². The second-order valence-electron chi connectivity index (χ2n) is 5.71. The Bertz CT molecular complexity index is 515. The van der Waals surface area contributed by atoms with E-state index in [4.69, 9.17) is 4.74 Å². The zero-order valence-electron chi connectivity index (χ0n) is 14.2. The summed E-state index contributed by atoms with van der Waals surface area (Å²) >= 11 is 0. The van der Waals surface area contributed by atoms with Crippen LogP contribution in [-0.4, -0.2) is 30.1 Å². The van der Waals surface area contributed by atoms with Crippen molar-refractivity contribution in [2.75, 3.05) is 7.11 Å². The lowest BCUT2D eigenvalue weighted by atomic mass is 10.0. The number of unbranched alkanes of at least 4 members (excludes halogenated alkanes) is 4. The molecule has 1 aromatic carbocycles. The SMILES string of the molecule is C=CCCCCCC[C@@H](NC(=O)[C@@H](OC)c1ccccc1)C(=O)O. The number of amides is 1. The molecule has 0 fully saturated rings. The molecule has 5 nitrogen and oxygen atoms in total. The van der Waals surface area contributed by atoms with Crippen LogP contribution in [0.2, 0.25) is 0 Å². The average molecular weight is 333 g/mol. The number of rotatable bonds is 12. The van der Waals surface area contributed by atoms with E-state index < -0.39 is 24.0 Å². The molecule has 24 heavy (non-hydrogen) atoms. The third-order valence-corrected chi connectivity index (χ3v) is 3.84. The van der Waals surface area contributed by atoms with Crippen molar-refractivity contribution in [3.8, 4) is 0 Å². The molecule has 1 rings (SSSR count). The van der Waals surface area contributed by atoms with Gasteiger partial charge < -0.3 is 15.2 Å². The first-order valence-corrected chi connectivity index (χ1v) is 8.32. The predicted molar refractivity (Wildman–Crippen MR) is 93.7 cm³/mol. The molecule has 0 aromatic heterocycles. The fourth-order valence-electron chi connectivity index (χ4n) is 2.52. The van der Waals surface area contributed by atoms with E-state index in [9.17, 15) is 14.7 Å². The summed E-state index contributed by atoms with van der Waals surface area (Å²) in [6.45, 7) is 3.68. The third-order valence-electron chi connectivity index (χ3n) is 3.84. The fourth-order valence-corrected chi connectivity index (χ4v) is 2.52. The van der Waals surface area contributed by atoms with Crippen molar-refractivity contribution in [2.45, 2.75) is 50.7 Å². The summed E-state index contributed by atoms with van der Waals surface area (Å²) in [6.07, 6.45) is 6.28. The minimum absolute atomic E-state index is 0.417. The van der Waals surface area contributed by atoms with Crippen LogP contribution in [0.3, 0.4) is 0 Å². The van der Waals surface area contributed by atoms with Crippen molar-refractivity contribution >= 4 is 11.9 Å². The molecule has 0 aliphatic heterocycles. The van der Waals surface area contributed by atoms with Crippen LogP contribution in [0, 0.1) is 0 Å². The zero-order valence-corrected chi connectivity index (χ0v) is 14.2. The molecule has 0 spiro atoms. The lowest BCUT2D eigenvalue weighted by Gasteiger charge is -2.19. The van der Waals surface area contributed by atoms with Gasteiger partial charge in [-0.15, -0.1) is 6.58 Å². The van der Waals surface area contributed by atoms with Gasteiger partial charge in [0, 0.05) is 7.11 Å². The van der Waals surface area contributed by atoms with E-state index in [-0.39, 0.29) is 0 Å². The Morgan fingerprint density at radius 2 is 1.88 bits per heavy atom. The number of carbonyl (C=O) groups excluding carboxylic acids is 1. The summed E-state index contributed by atoms with van der Waals surface area (Å²) in [6, 6.07) is 8.14. The molecule has 1 aromatic rings. The van der Waals surface area contributed by atoms with Gasteiger partial charge in [0.1, 0.15) is 6.04 Å². The molecule has 0 radical (unpaired) electrons. The van der Waals surface area contributed by atoms with E-state index in [1.807, 2.05) is 24.3 Å². The van der Waals surface area contributed by atoms with Crippen molar-refractivity contribution in [3.05, 3.63) is 48.6 Å². The number of hydrogen-bond donors (Lipinski definition) is 2. The van der Waals surface area contributed by atoms with Gasteiger partial charge in [-0.3, -0.25) is 4.79 Å². The van der Waals surface area contributed by atoms with Crippen molar-refractivity contribution < 1.29 is 19.4 Å². The molecule has 2 atom stereocenters. The first-order valence-electron chi connectivity index (χ1n) is 8.32.